The number of hydrogen-bond acceptors (Lipinski definition) is 3. The summed E-state index contributed by atoms with van der Waals surface area (Å²) in [6.45, 7) is 8.55. The van der Waals surface area contributed by atoms with Gasteiger partial charge in [0.1, 0.15) is 0 Å². The van der Waals surface area contributed by atoms with Gasteiger partial charge in [0, 0.05) is 38.3 Å². The van der Waals surface area contributed by atoms with Gasteiger partial charge >= 0.3 is 5.97 Å². The van der Waals surface area contributed by atoms with Crippen molar-refractivity contribution >= 4 is 5.97 Å². The molecule has 0 radical (unpaired) electrons. The number of aliphatic carboxylic acids is 1. The van der Waals surface area contributed by atoms with E-state index in [1.54, 1.807) is 0 Å². The van der Waals surface area contributed by atoms with Crippen LogP contribution in [0.2, 0.25) is 0 Å². The topological polar surface area (TPSA) is 49.8 Å². The maximum absolute atomic E-state index is 11.5. The summed E-state index contributed by atoms with van der Waals surface area (Å²) in [6, 6.07) is 0. The van der Waals surface area contributed by atoms with Crippen molar-refractivity contribution in [3.63, 3.8) is 0 Å². The Kier molecular flexibility index (Phi) is 3.97. The Labute approximate surface area is 109 Å². The van der Waals surface area contributed by atoms with E-state index in [1.165, 1.54) is 0 Å². The highest BCUT2D eigenvalue weighted by Gasteiger charge is 2.47. The summed E-state index contributed by atoms with van der Waals surface area (Å²) in [4.78, 5) is 13.8. The average Bonchev–Trinajstić information content (AvgIpc) is 2.34. The molecule has 4 nitrogen and oxygen atoms in total. The van der Waals surface area contributed by atoms with Gasteiger partial charge in [-0.1, -0.05) is 13.8 Å². The summed E-state index contributed by atoms with van der Waals surface area (Å²) in [5.41, 5.74) is -0.114. The molecular weight excluding hydrogens is 230 g/mol. The Balaban J connectivity index is 1.90. The molecule has 2 aliphatic rings. The number of likely N-dealkylation sites (tertiary alicyclic amines) is 1. The predicted molar refractivity (Wildman–Crippen MR) is 69.6 cm³/mol. The predicted octanol–water partition coefficient (Wildman–Crippen LogP) is 1.99. The van der Waals surface area contributed by atoms with E-state index in [-0.39, 0.29) is 0 Å². The van der Waals surface area contributed by atoms with Crippen molar-refractivity contribution < 1.29 is 14.6 Å². The maximum Gasteiger partial charge on any atom is 0.310 e. The third-order valence-electron chi connectivity index (χ3n) is 5.00. The third-order valence-corrected chi connectivity index (χ3v) is 5.00. The monoisotopic (exact) mass is 255 g/mol. The zero-order chi connectivity index (χ0) is 13.2. The number of carboxylic acid groups (broad SMARTS) is 1. The first kappa shape index (κ1) is 13.8. The van der Waals surface area contributed by atoms with Crippen molar-refractivity contribution in [3.8, 4) is 0 Å². The molecule has 2 fully saturated rings. The van der Waals surface area contributed by atoms with Gasteiger partial charge < -0.3 is 14.7 Å². The SMILES string of the molecule is CCC(CC)(CN1CC2(CCOCC2)C1)C(=O)O. The van der Waals surface area contributed by atoms with E-state index in [9.17, 15) is 9.90 Å². The average molecular weight is 255 g/mol. The second-order valence-electron chi connectivity index (χ2n) is 6.05. The number of carboxylic acids is 1. The van der Waals surface area contributed by atoms with Crippen molar-refractivity contribution in [2.24, 2.45) is 10.8 Å². The lowest BCUT2D eigenvalue weighted by molar-refractivity contribution is -0.155. The van der Waals surface area contributed by atoms with E-state index >= 15 is 0 Å². The maximum atomic E-state index is 11.5. The molecule has 1 spiro atoms. The van der Waals surface area contributed by atoms with Gasteiger partial charge in [-0.15, -0.1) is 0 Å². The highest BCUT2D eigenvalue weighted by molar-refractivity contribution is 5.74. The quantitative estimate of drug-likeness (QED) is 0.816. The third kappa shape index (κ3) is 2.41. The Morgan fingerprint density at radius 3 is 2.28 bits per heavy atom. The first-order chi connectivity index (χ1) is 8.56. The molecule has 2 saturated heterocycles. The van der Waals surface area contributed by atoms with Crippen LogP contribution in [0.5, 0.6) is 0 Å². The summed E-state index contributed by atoms with van der Waals surface area (Å²) < 4.78 is 5.40. The number of rotatable bonds is 5. The molecule has 18 heavy (non-hydrogen) atoms. The fourth-order valence-corrected chi connectivity index (χ4v) is 3.41. The molecule has 4 heteroatoms. The molecule has 2 rings (SSSR count). The molecule has 104 valence electrons. The number of nitrogens with zero attached hydrogens (tertiary/aromatic N) is 1. The first-order valence-corrected chi connectivity index (χ1v) is 7.09. The van der Waals surface area contributed by atoms with Crippen LogP contribution >= 0.6 is 0 Å². The van der Waals surface area contributed by atoms with Crippen LogP contribution in [0.15, 0.2) is 0 Å². The van der Waals surface area contributed by atoms with Crippen molar-refractivity contribution in [2.75, 3.05) is 32.8 Å². The molecule has 0 saturated carbocycles. The normalized spacial score (nSPS) is 23.9. The molecule has 1 N–H and O–H groups in total. The van der Waals surface area contributed by atoms with Crippen LogP contribution < -0.4 is 0 Å². The van der Waals surface area contributed by atoms with Crippen LogP contribution in [-0.4, -0.2) is 48.8 Å². The molecule has 2 heterocycles. The van der Waals surface area contributed by atoms with Crippen LogP contribution in [0.25, 0.3) is 0 Å². The van der Waals surface area contributed by atoms with E-state index in [0.717, 1.165) is 39.1 Å². The van der Waals surface area contributed by atoms with E-state index in [2.05, 4.69) is 4.90 Å². The summed E-state index contributed by atoms with van der Waals surface area (Å²) >= 11 is 0. The Morgan fingerprint density at radius 1 is 1.28 bits per heavy atom. The summed E-state index contributed by atoms with van der Waals surface area (Å²) in [5, 5.41) is 9.45. The molecule has 2 aliphatic heterocycles. The highest BCUT2D eigenvalue weighted by Crippen LogP contribution is 2.42. The molecule has 0 aromatic rings. The molecule has 0 aromatic carbocycles. The zero-order valence-electron chi connectivity index (χ0n) is 11.6. The lowest BCUT2D eigenvalue weighted by Crippen LogP contribution is -2.61. The van der Waals surface area contributed by atoms with Crippen molar-refractivity contribution in [2.45, 2.75) is 39.5 Å². The van der Waals surface area contributed by atoms with Crippen LogP contribution in [-0.2, 0) is 9.53 Å². The van der Waals surface area contributed by atoms with E-state index < -0.39 is 11.4 Å². The molecule has 0 bridgehead atoms. The summed E-state index contributed by atoms with van der Waals surface area (Å²) in [7, 11) is 0. The van der Waals surface area contributed by atoms with Crippen LogP contribution in [0, 0.1) is 10.8 Å². The Morgan fingerprint density at radius 2 is 1.83 bits per heavy atom. The summed E-state index contributed by atoms with van der Waals surface area (Å²) in [6.07, 6.45) is 3.71. The largest absolute Gasteiger partial charge is 0.481 e. The fourth-order valence-electron chi connectivity index (χ4n) is 3.41. The van der Waals surface area contributed by atoms with Crippen molar-refractivity contribution in [3.05, 3.63) is 0 Å². The van der Waals surface area contributed by atoms with Gasteiger partial charge in [0.15, 0.2) is 0 Å². The van der Waals surface area contributed by atoms with Gasteiger partial charge in [-0.05, 0) is 25.7 Å². The lowest BCUT2D eigenvalue weighted by Gasteiger charge is -2.54. The minimum absolute atomic E-state index is 0.435. The van der Waals surface area contributed by atoms with E-state index in [1.807, 2.05) is 13.8 Å². The van der Waals surface area contributed by atoms with Crippen molar-refractivity contribution in [1.29, 1.82) is 0 Å². The van der Waals surface area contributed by atoms with Crippen LogP contribution in [0.3, 0.4) is 0 Å². The number of ether oxygens (including phenoxy) is 1. The standard InChI is InChI=1S/C14H25NO3/c1-3-14(4-2,12(16)17)11-15-9-13(10-15)5-7-18-8-6-13/h3-11H2,1-2H3,(H,16,17). The summed E-state index contributed by atoms with van der Waals surface area (Å²) in [5.74, 6) is -0.638. The minimum Gasteiger partial charge on any atom is -0.481 e. The second-order valence-corrected chi connectivity index (χ2v) is 6.05. The van der Waals surface area contributed by atoms with Crippen molar-refractivity contribution in [1.82, 2.24) is 4.90 Å². The molecule has 0 atom stereocenters. The highest BCUT2D eigenvalue weighted by atomic mass is 16.5. The lowest BCUT2D eigenvalue weighted by atomic mass is 9.71. The zero-order valence-corrected chi connectivity index (χ0v) is 11.6. The van der Waals surface area contributed by atoms with Gasteiger partial charge in [-0.2, -0.15) is 0 Å². The first-order valence-electron chi connectivity index (χ1n) is 7.09. The van der Waals surface area contributed by atoms with E-state index in [0.29, 0.717) is 24.8 Å². The Hall–Kier alpha value is -0.610. The fraction of sp³-hybridized carbons (Fsp3) is 0.929. The smallest absolute Gasteiger partial charge is 0.310 e. The molecule has 0 aromatic heterocycles. The van der Waals surface area contributed by atoms with E-state index in [4.69, 9.17) is 4.74 Å². The van der Waals surface area contributed by atoms with Gasteiger partial charge in [0.05, 0.1) is 5.41 Å². The van der Waals surface area contributed by atoms with Crippen LogP contribution in [0.4, 0.5) is 0 Å². The molecule has 0 unspecified atom stereocenters. The molecule has 0 amide bonds. The molecular formula is C14H25NO3. The van der Waals surface area contributed by atoms with Gasteiger partial charge in [0.25, 0.3) is 0 Å². The Bertz CT molecular complexity index is 298. The molecule has 0 aliphatic carbocycles. The minimum atomic E-state index is -0.638. The van der Waals surface area contributed by atoms with Gasteiger partial charge in [0.2, 0.25) is 0 Å². The second kappa shape index (κ2) is 5.17. The number of carbonyl (C=O) groups is 1. The van der Waals surface area contributed by atoms with Crippen LogP contribution in [0.1, 0.15) is 39.5 Å². The number of hydrogen-bond donors (Lipinski definition) is 1. The van der Waals surface area contributed by atoms with Gasteiger partial charge in [-0.3, -0.25) is 4.79 Å². The van der Waals surface area contributed by atoms with Gasteiger partial charge in [-0.25, -0.2) is 0 Å².